The number of H-pyrrole nitrogens is 1. The van der Waals surface area contributed by atoms with Crippen LogP contribution in [0.15, 0.2) is 29.1 Å². The van der Waals surface area contributed by atoms with Crippen LogP contribution in [0.1, 0.15) is 25.8 Å². The van der Waals surface area contributed by atoms with Crippen molar-refractivity contribution in [2.75, 3.05) is 20.7 Å². The third kappa shape index (κ3) is 4.35. The van der Waals surface area contributed by atoms with E-state index >= 15 is 0 Å². The zero-order valence-electron chi connectivity index (χ0n) is 14.7. The Bertz CT molecular complexity index is 770. The van der Waals surface area contributed by atoms with Crippen molar-refractivity contribution in [1.82, 2.24) is 15.2 Å². The lowest BCUT2D eigenvalue weighted by Gasteiger charge is -2.23. The normalized spacial score (nSPS) is 12.4. The first-order valence-corrected chi connectivity index (χ1v) is 8.14. The fourth-order valence-corrected chi connectivity index (χ4v) is 2.55. The molecule has 1 aromatic heterocycles. The summed E-state index contributed by atoms with van der Waals surface area (Å²) >= 11 is 0. The summed E-state index contributed by atoms with van der Waals surface area (Å²) in [4.78, 5) is 28.7. The fourth-order valence-electron chi connectivity index (χ4n) is 2.55. The zero-order chi connectivity index (χ0) is 17.7. The number of hydrogen-bond donors (Lipinski definition) is 2. The first-order valence-electron chi connectivity index (χ1n) is 8.14. The van der Waals surface area contributed by atoms with Gasteiger partial charge in [0, 0.05) is 42.5 Å². The van der Waals surface area contributed by atoms with Crippen LogP contribution in [0.2, 0.25) is 0 Å². The molecule has 0 bridgehead atoms. The molecule has 1 amide bonds. The number of benzene rings is 1. The SMILES string of the molecule is CCOc1ccc2[nH]c(=O)c(CN(C)[C@@H](C)CC(=O)NC)cc2c1. The average molecular weight is 331 g/mol. The molecule has 2 rings (SSSR count). The molecule has 0 aliphatic rings. The first-order chi connectivity index (χ1) is 11.4. The van der Waals surface area contributed by atoms with E-state index in [9.17, 15) is 9.59 Å². The highest BCUT2D eigenvalue weighted by Gasteiger charge is 2.15. The molecule has 0 unspecified atom stereocenters. The second kappa shape index (κ2) is 7.97. The molecule has 6 nitrogen and oxygen atoms in total. The van der Waals surface area contributed by atoms with Crippen LogP contribution in [0.3, 0.4) is 0 Å². The number of aromatic amines is 1. The van der Waals surface area contributed by atoms with Gasteiger partial charge in [-0.25, -0.2) is 0 Å². The van der Waals surface area contributed by atoms with E-state index in [1.54, 1.807) is 7.05 Å². The quantitative estimate of drug-likeness (QED) is 0.812. The van der Waals surface area contributed by atoms with Gasteiger partial charge in [0.25, 0.3) is 5.56 Å². The standard InChI is InChI=1S/C18H25N3O3/c1-5-24-15-6-7-16-13(10-15)9-14(18(23)20-16)11-21(4)12(2)8-17(22)19-3/h6-7,9-10,12H,5,8,11H2,1-4H3,(H,19,22)(H,20,23)/t12-/m0/s1. The lowest BCUT2D eigenvalue weighted by atomic mass is 10.1. The number of rotatable bonds is 7. The lowest BCUT2D eigenvalue weighted by molar-refractivity contribution is -0.121. The highest BCUT2D eigenvalue weighted by Crippen LogP contribution is 2.19. The number of nitrogens with zero attached hydrogens (tertiary/aromatic N) is 1. The van der Waals surface area contributed by atoms with Crippen LogP contribution in [-0.4, -0.2) is 42.5 Å². The van der Waals surface area contributed by atoms with Gasteiger partial charge in [0.15, 0.2) is 0 Å². The topological polar surface area (TPSA) is 74.4 Å². The van der Waals surface area contributed by atoms with Crippen molar-refractivity contribution < 1.29 is 9.53 Å². The minimum absolute atomic E-state index is 0.0110. The van der Waals surface area contributed by atoms with E-state index < -0.39 is 0 Å². The van der Waals surface area contributed by atoms with Gasteiger partial charge in [0.05, 0.1) is 6.61 Å². The summed E-state index contributed by atoms with van der Waals surface area (Å²) < 4.78 is 5.51. The Hall–Kier alpha value is -2.34. The minimum Gasteiger partial charge on any atom is -0.494 e. The van der Waals surface area contributed by atoms with E-state index in [0.717, 1.165) is 16.7 Å². The van der Waals surface area contributed by atoms with Crippen LogP contribution < -0.4 is 15.6 Å². The second-order valence-corrected chi connectivity index (χ2v) is 5.95. The molecule has 0 saturated carbocycles. The fraction of sp³-hybridized carbons (Fsp3) is 0.444. The van der Waals surface area contributed by atoms with Crippen LogP contribution in [0, 0.1) is 0 Å². The van der Waals surface area contributed by atoms with Crippen molar-refractivity contribution in [1.29, 1.82) is 0 Å². The third-order valence-electron chi connectivity index (χ3n) is 4.14. The molecule has 0 saturated heterocycles. The molecule has 24 heavy (non-hydrogen) atoms. The van der Waals surface area contributed by atoms with Crippen molar-refractivity contribution in [2.45, 2.75) is 32.9 Å². The van der Waals surface area contributed by atoms with E-state index in [4.69, 9.17) is 4.74 Å². The third-order valence-corrected chi connectivity index (χ3v) is 4.14. The maximum Gasteiger partial charge on any atom is 0.252 e. The number of carbonyl (C=O) groups is 1. The molecule has 1 aromatic carbocycles. The molecule has 2 N–H and O–H groups in total. The number of ether oxygens (including phenoxy) is 1. The molecule has 0 spiro atoms. The number of pyridine rings is 1. The van der Waals surface area contributed by atoms with Crippen LogP contribution in [0.25, 0.3) is 10.9 Å². The van der Waals surface area contributed by atoms with Gasteiger partial charge in [-0.1, -0.05) is 0 Å². The molecule has 1 atom stereocenters. The predicted molar refractivity (Wildman–Crippen MR) is 95.4 cm³/mol. The highest BCUT2D eigenvalue weighted by molar-refractivity contribution is 5.80. The van der Waals surface area contributed by atoms with Gasteiger partial charge in [0.1, 0.15) is 5.75 Å². The summed E-state index contributed by atoms with van der Waals surface area (Å²) in [6.07, 6.45) is 0.396. The molecule has 0 aliphatic heterocycles. The lowest BCUT2D eigenvalue weighted by Crippen LogP contribution is -2.35. The van der Waals surface area contributed by atoms with Gasteiger partial charge in [-0.05, 0) is 45.2 Å². The number of aromatic nitrogens is 1. The van der Waals surface area contributed by atoms with Crippen molar-refractivity contribution >= 4 is 16.8 Å². The minimum atomic E-state index is -0.106. The Balaban J connectivity index is 2.22. The summed E-state index contributed by atoms with van der Waals surface area (Å²) in [5, 5.41) is 3.55. The van der Waals surface area contributed by atoms with Crippen LogP contribution >= 0.6 is 0 Å². The smallest absolute Gasteiger partial charge is 0.252 e. The predicted octanol–water partition coefficient (Wildman–Crippen LogP) is 1.88. The summed E-state index contributed by atoms with van der Waals surface area (Å²) in [5.74, 6) is 0.771. The van der Waals surface area contributed by atoms with E-state index in [-0.39, 0.29) is 17.5 Å². The van der Waals surface area contributed by atoms with E-state index in [1.165, 1.54) is 0 Å². The summed E-state index contributed by atoms with van der Waals surface area (Å²) in [6, 6.07) is 7.55. The maximum absolute atomic E-state index is 12.3. The molecule has 6 heteroatoms. The number of amides is 1. The molecule has 1 heterocycles. The Kier molecular flexibility index (Phi) is 5.98. The Morgan fingerprint density at radius 3 is 2.79 bits per heavy atom. The molecule has 2 aromatic rings. The van der Waals surface area contributed by atoms with Crippen LogP contribution in [-0.2, 0) is 11.3 Å². The highest BCUT2D eigenvalue weighted by atomic mass is 16.5. The van der Waals surface area contributed by atoms with Gasteiger partial charge in [0.2, 0.25) is 5.91 Å². The molecule has 0 fully saturated rings. The van der Waals surface area contributed by atoms with Gasteiger partial charge in [-0.3, -0.25) is 14.5 Å². The van der Waals surface area contributed by atoms with Gasteiger partial charge in [-0.15, -0.1) is 0 Å². The van der Waals surface area contributed by atoms with Gasteiger partial charge in [-0.2, -0.15) is 0 Å². The maximum atomic E-state index is 12.3. The summed E-state index contributed by atoms with van der Waals surface area (Å²) in [5.41, 5.74) is 1.35. The van der Waals surface area contributed by atoms with Crippen molar-refractivity contribution in [3.05, 3.63) is 40.2 Å². The molecule has 130 valence electrons. The number of hydrogen-bond acceptors (Lipinski definition) is 4. The zero-order valence-corrected chi connectivity index (χ0v) is 14.7. The van der Waals surface area contributed by atoms with E-state index in [2.05, 4.69) is 10.3 Å². The van der Waals surface area contributed by atoms with Crippen molar-refractivity contribution in [3.63, 3.8) is 0 Å². The summed E-state index contributed by atoms with van der Waals surface area (Å²) in [6.45, 7) is 4.98. The Labute approximate surface area is 141 Å². The first kappa shape index (κ1) is 18.0. The van der Waals surface area contributed by atoms with Crippen molar-refractivity contribution in [3.8, 4) is 5.75 Å². The van der Waals surface area contributed by atoms with Crippen LogP contribution in [0.4, 0.5) is 0 Å². The molecule has 0 aliphatic carbocycles. The van der Waals surface area contributed by atoms with E-state index in [1.807, 2.05) is 50.1 Å². The molecular formula is C18H25N3O3. The van der Waals surface area contributed by atoms with Gasteiger partial charge < -0.3 is 15.0 Å². The monoisotopic (exact) mass is 331 g/mol. The Morgan fingerprint density at radius 2 is 2.12 bits per heavy atom. The number of fused-ring (bicyclic) bond motifs is 1. The van der Waals surface area contributed by atoms with Crippen LogP contribution in [0.5, 0.6) is 5.75 Å². The Morgan fingerprint density at radius 1 is 1.38 bits per heavy atom. The average Bonchev–Trinajstić information content (AvgIpc) is 2.55. The van der Waals surface area contributed by atoms with Gasteiger partial charge >= 0.3 is 0 Å². The molecule has 0 radical (unpaired) electrons. The number of carbonyl (C=O) groups excluding carboxylic acids is 1. The van der Waals surface area contributed by atoms with E-state index in [0.29, 0.717) is 25.1 Å². The van der Waals surface area contributed by atoms with Crippen molar-refractivity contribution in [2.24, 2.45) is 0 Å². The largest absolute Gasteiger partial charge is 0.494 e. The number of nitrogens with one attached hydrogen (secondary N) is 2. The molecular weight excluding hydrogens is 306 g/mol. The second-order valence-electron chi connectivity index (χ2n) is 5.95. The summed E-state index contributed by atoms with van der Waals surface area (Å²) in [7, 11) is 3.53.